The van der Waals surface area contributed by atoms with Gasteiger partial charge in [-0.25, -0.2) is 0 Å². The lowest BCUT2D eigenvalue weighted by Crippen LogP contribution is -2.42. The molecule has 2 aromatic carbocycles. The highest BCUT2D eigenvalue weighted by molar-refractivity contribution is 5.95. The van der Waals surface area contributed by atoms with Crippen LogP contribution in [0, 0.1) is 0 Å². The molecule has 0 spiro atoms. The van der Waals surface area contributed by atoms with Gasteiger partial charge in [0.05, 0.1) is 20.2 Å². The Labute approximate surface area is 183 Å². The molecule has 0 radical (unpaired) electrons. The van der Waals surface area contributed by atoms with Crippen molar-refractivity contribution in [1.82, 2.24) is 10.2 Å². The number of ether oxygens (including phenoxy) is 1. The van der Waals surface area contributed by atoms with Gasteiger partial charge in [-0.05, 0) is 36.2 Å². The zero-order valence-electron chi connectivity index (χ0n) is 18.2. The molecule has 0 aliphatic rings. The molecule has 0 aliphatic carbocycles. The summed E-state index contributed by atoms with van der Waals surface area (Å²) in [6.45, 7) is 2.18. The maximum Gasteiger partial charge on any atom is 0.243 e. The van der Waals surface area contributed by atoms with Crippen LogP contribution >= 0.6 is 0 Å². The summed E-state index contributed by atoms with van der Waals surface area (Å²) in [5.74, 6) is -0.0874. The minimum atomic E-state index is -0.371. The third-order valence-electron chi connectivity index (χ3n) is 4.72. The molecular weight excluding hydrogens is 394 g/mol. The smallest absolute Gasteiger partial charge is 0.243 e. The summed E-state index contributed by atoms with van der Waals surface area (Å²) in [5.41, 5.74) is 1.56. The van der Waals surface area contributed by atoms with E-state index < -0.39 is 0 Å². The SMILES string of the molecule is CCCCCC(=O)N(CC(=O)NCC(=O)Nc1ccc(OC)cc1)Cc1ccccc1. The fourth-order valence-electron chi connectivity index (χ4n) is 3.01. The molecule has 2 N–H and O–H groups in total. The molecule has 31 heavy (non-hydrogen) atoms. The first-order chi connectivity index (χ1) is 15.0. The van der Waals surface area contributed by atoms with Crippen molar-refractivity contribution in [2.24, 2.45) is 0 Å². The van der Waals surface area contributed by atoms with E-state index in [2.05, 4.69) is 17.6 Å². The zero-order valence-corrected chi connectivity index (χ0v) is 18.2. The molecule has 0 bridgehead atoms. The lowest BCUT2D eigenvalue weighted by atomic mass is 10.1. The molecule has 3 amide bonds. The Morgan fingerprint density at radius 1 is 0.935 bits per heavy atom. The maximum absolute atomic E-state index is 12.6. The van der Waals surface area contributed by atoms with E-state index in [1.165, 1.54) is 0 Å². The lowest BCUT2D eigenvalue weighted by Gasteiger charge is -2.22. The molecule has 0 saturated heterocycles. The van der Waals surface area contributed by atoms with Gasteiger partial charge in [-0.3, -0.25) is 14.4 Å². The summed E-state index contributed by atoms with van der Waals surface area (Å²) in [4.78, 5) is 38.7. The number of methoxy groups -OCH3 is 1. The quantitative estimate of drug-likeness (QED) is 0.511. The molecule has 7 nitrogen and oxygen atoms in total. The number of rotatable bonds is 12. The number of carbonyl (C=O) groups excluding carboxylic acids is 3. The normalized spacial score (nSPS) is 10.3. The Morgan fingerprint density at radius 3 is 2.29 bits per heavy atom. The second-order valence-electron chi connectivity index (χ2n) is 7.25. The van der Waals surface area contributed by atoms with E-state index in [-0.39, 0.29) is 30.8 Å². The van der Waals surface area contributed by atoms with Crippen molar-refractivity contribution >= 4 is 23.4 Å². The Kier molecular flexibility index (Phi) is 10.1. The fraction of sp³-hybridized carbons (Fsp3) is 0.375. The van der Waals surface area contributed by atoms with Crippen molar-refractivity contribution in [2.45, 2.75) is 39.2 Å². The van der Waals surface area contributed by atoms with Gasteiger partial charge in [0.25, 0.3) is 0 Å². The minimum absolute atomic E-state index is 0.0601. The summed E-state index contributed by atoms with van der Waals surface area (Å²) in [6.07, 6.45) is 3.21. The molecule has 0 saturated carbocycles. The van der Waals surface area contributed by atoms with Gasteiger partial charge < -0.3 is 20.3 Å². The van der Waals surface area contributed by atoms with Crippen LogP contribution in [0.15, 0.2) is 54.6 Å². The average molecular weight is 426 g/mol. The predicted molar refractivity (Wildman–Crippen MR) is 121 cm³/mol. The number of benzene rings is 2. The van der Waals surface area contributed by atoms with E-state index in [0.29, 0.717) is 24.4 Å². The second kappa shape index (κ2) is 13.1. The van der Waals surface area contributed by atoms with Gasteiger partial charge in [0.15, 0.2) is 0 Å². The molecular formula is C24H31N3O4. The van der Waals surface area contributed by atoms with Gasteiger partial charge in [-0.15, -0.1) is 0 Å². The van der Waals surface area contributed by atoms with Crippen molar-refractivity contribution in [3.05, 3.63) is 60.2 Å². The minimum Gasteiger partial charge on any atom is -0.497 e. The van der Waals surface area contributed by atoms with Gasteiger partial charge in [0.1, 0.15) is 5.75 Å². The standard InChI is InChI=1S/C24H31N3O4/c1-3-4-6-11-24(30)27(17-19-9-7-5-8-10-19)18-23(29)25-16-22(28)26-20-12-14-21(31-2)15-13-20/h5,7-10,12-15H,3-4,6,11,16-18H2,1-2H3,(H,25,29)(H,26,28). The maximum atomic E-state index is 12.6. The molecule has 0 unspecified atom stereocenters. The molecule has 2 aromatic rings. The summed E-state index contributed by atoms with van der Waals surface area (Å²) in [5, 5.41) is 5.30. The topological polar surface area (TPSA) is 87.7 Å². The Balaban J connectivity index is 1.87. The number of nitrogens with zero attached hydrogens (tertiary/aromatic N) is 1. The first-order valence-electron chi connectivity index (χ1n) is 10.5. The largest absolute Gasteiger partial charge is 0.497 e. The van der Waals surface area contributed by atoms with Crippen molar-refractivity contribution in [3.8, 4) is 5.75 Å². The van der Waals surface area contributed by atoms with Crippen molar-refractivity contribution in [3.63, 3.8) is 0 Å². The number of nitrogens with one attached hydrogen (secondary N) is 2. The number of amides is 3. The highest BCUT2D eigenvalue weighted by atomic mass is 16.5. The number of anilines is 1. The molecule has 0 atom stereocenters. The third-order valence-corrected chi connectivity index (χ3v) is 4.72. The van der Waals surface area contributed by atoms with Crippen LogP contribution in [0.3, 0.4) is 0 Å². The number of unbranched alkanes of at least 4 members (excludes halogenated alkanes) is 2. The van der Waals surface area contributed by atoms with Gasteiger partial charge in [-0.1, -0.05) is 50.1 Å². The summed E-state index contributed by atoms with van der Waals surface area (Å²) in [6, 6.07) is 16.5. The Bertz CT molecular complexity index is 838. The highest BCUT2D eigenvalue weighted by Gasteiger charge is 2.18. The van der Waals surface area contributed by atoms with Gasteiger partial charge in [0, 0.05) is 18.7 Å². The van der Waals surface area contributed by atoms with Crippen molar-refractivity contribution in [1.29, 1.82) is 0 Å². The average Bonchev–Trinajstić information content (AvgIpc) is 2.78. The Morgan fingerprint density at radius 2 is 1.65 bits per heavy atom. The zero-order chi connectivity index (χ0) is 22.5. The van der Waals surface area contributed by atoms with Gasteiger partial charge in [-0.2, -0.15) is 0 Å². The summed E-state index contributed by atoms with van der Waals surface area (Å²) in [7, 11) is 1.57. The third kappa shape index (κ3) is 8.90. The molecule has 166 valence electrons. The predicted octanol–water partition coefficient (Wildman–Crippen LogP) is 3.36. The number of carbonyl (C=O) groups is 3. The van der Waals surface area contributed by atoms with Crippen molar-refractivity contribution < 1.29 is 19.1 Å². The highest BCUT2D eigenvalue weighted by Crippen LogP contribution is 2.14. The summed E-state index contributed by atoms with van der Waals surface area (Å²) < 4.78 is 5.08. The summed E-state index contributed by atoms with van der Waals surface area (Å²) >= 11 is 0. The van der Waals surface area contributed by atoms with Gasteiger partial charge in [0.2, 0.25) is 17.7 Å². The molecule has 0 fully saturated rings. The van der Waals surface area contributed by atoms with E-state index in [4.69, 9.17) is 4.74 Å². The molecule has 0 aromatic heterocycles. The van der Waals surface area contributed by atoms with E-state index in [1.54, 1.807) is 36.3 Å². The van der Waals surface area contributed by atoms with Crippen LogP contribution in [0.25, 0.3) is 0 Å². The van der Waals surface area contributed by atoms with Crippen molar-refractivity contribution in [2.75, 3.05) is 25.5 Å². The van der Waals surface area contributed by atoms with Crippen LogP contribution in [0.4, 0.5) is 5.69 Å². The van der Waals surface area contributed by atoms with Crippen LogP contribution in [0.1, 0.15) is 38.2 Å². The lowest BCUT2D eigenvalue weighted by molar-refractivity contribution is -0.137. The van der Waals surface area contributed by atoms with E-state index >= 15 is 0 Å². The molecule has 7 heteroatoms. The monoisotopic (exact) mass is 425 g/mol. The second-order valence-corrected chi connectivity index (χ2v) is 7.25. The van der Waals surface area contributed by atoms with Crippen LogP contribution in [0.2, 0.25) is 0 Å². The van der Waals surface area contributed by atoms with Crippen LogP contribution in [-0.2, 0) is 20.9 Å². The molecule has 0 aliphatic heterocycles. The van der Waals surface area contributed by atoms with E-state index in [0.717, 1.165) is 24.8 Å². The fourth-order valence-corrected chi connectivity index (χ4v) is 3.01. The van der Waals surface area contributed by atoms with Crippen LogP contribution in [0.5, 0.6) is 5.75 Å². The van der Waals surface area contributed by atoms with E-state index in [1.807, 2.05) is 30.3 Å². The van der Waals surface area contributed by atoms with Gasteiger partial charge >= 0.3 is 0 Å². The van der Waals surface area contributed by atoms with Crippen LogP contribution < -0.4 is 15.4 Å². The number of hydrogen-bond acceptors (Lipinski definition) is 4. The first kappa shape index (κ1) is 23.9. The van der Waals surface area contributed by atoms with Crippen LogP contribution in [-0.4, -0.2) is 42.8 Å². The number of hydrogen-bond donors (Lipinski definition) is 2. The first-order valence-corrected chi connectivity index (χ1v) is 10.5. The molecule has 2 rings (SSSR count). The van der Waals surface area contributed by atoms with E-state index in [9.17, 15) is 14.4 Å². The molecule has 0 heterocycles. The Hall–Kier alpha value is -3.35.